The number of anilines is 3. The van der Waals surface area contributed by atoms with Gasteiger partial charge in [-0.3, -0.25) is 24.4 Å². The van der Waals surface area contributed by atoms with Crippen molar-refractivity contribution in [1.82, 2.24) is 0 Å². The number of rotatable bonds is 12. The summed E-state index contributed by atoms with van der Waals surface area (Å²) in [5.74, 6) is -1.94. The number of hydrogen-bond acceptors (Lipinski definition) is 7. The molecule has 0 spiro atoms. The summed E-state index contributed by atoms with van der Waals surface area (Å²) in [5.41, 5.74) is 3.21. The van der Waals surface area contributed by atoms with E-state index in [0.29, 0.717) is 0 Å². The van der Waals surface area contributed by atoms with Crippen LogP contribution in [-0.4, -0.2) is 37.1 Å². The molecule has 0 atom stereocenters. The molecule has 14 heteroatoms. The Hall–Kier alpha value is -3.37. The van der Waals surface area contributed by atoms with Crippen molar-refractivity contribution in [1.29, 1.82) is 0 Å². The smallest absolute Gasteiger partial charge is 0.508 e. The lowest BCUT2D eigenvalue weighted by Crippen LogP contribution is -2.30. The Morgan fingerprint density at radius 1 is 0.857 bits per heavy atom. The third kappa shape index (κ3) is 9.59. The number of phenols is 1. The van der Waals surface area contributed by atoms with Crippen molar-refractivity contribution < 1.29 is 47.7 Å². The number of benzene rings is 2. The van der Waals surface area contributed by atoms with Gasteiger partial charge in [0.15, 0.2) is 11.5 Å². The maximum atomic E-state index is 13.8. The Kier molecular flexibility index (Phi) is 10.8. The molecule has 1 amide bonds. The number of allylic oxidation sites excluding steroid dienone is 5. The molecule has 42 heavy (non-hydrogen) atoms. The van der Waals surface area contributed by atoms with Crippen molar-refractivity contribution in [3.8, 4) is 17.2 Å². The van der Waals surface area contributed by atoms with Gasteiger partial charge in [0.05, 0.1) is 16.9 Å². The van der Waals surface area contributed by atoms with E-state index < -0.39 is 33.1 Å². The zero-order chi connectivity index (χ0) is 31.2. The van der Waals surface area contributed by atoms with Gasteiger partial charge >= 0.3 is 15.6 Å². The fourth-order valence-corrected chi connectivity index (χ4v) is 5.12. The van der Waals surface area contributed by atoms with E-state index in [0.717, 1.165) is 37.3 Å². The van der Waals surface area contributed by atoms with Crippen LogP contribution in [-0.2, 0) is 9.13 Å². The molecule has 0 saturated heterocycles. The van der Waals surface area contributed by atoms with Crippen LogP contribution in [0.25, 0.3) is 0 Å². The summed E-state index contributed by atoms with van der Waals surface area (Å²) in [4.78, 5) is 52.8. The minimum absolute atomic E-state index is 0.00440. The highest BCUT2D eigenvalue weighted by molar-refractivity contribution is 7.47. The van der Waals surface area contributed by atoms with Crippen LogP contribution in [0.4, 0.5) is 17.1 Å². The normalized spacial score (nSPS) is 14.0. The number of fused-ring (bicyclic) bond motifs is 2. The minimum Gasteiger partial charge on any atom is -0.508 e. The van der Waals surface area contributed by atoms with Gasteiger partial charge < -0.3 is 24.4 Å². The highest BCUT2D eigenvalue weighted by Gasteiger charge is 2.33. The number of carbonyl (C=O) groups excluding carboxylic acids is 1. The summed E-state index contributed by atoms with van der Waals surface area (Å²) >= 11 is 0. The van der Waals surface area contributed by atoms with Crippen LogP contribution in [0.15, 0.2) is 65.3 Å². The molecule has 1 aliphatic heterocycles. The zero-order valence-corrected chi connectivity index (χ0v) is 25.6. The molecule has 0 unspecified atom stereocenters. The second-order valence-electron chi connectivity index (χ2n) is 10.2. The molecule has 228 valence electrons. The zero-order valence-electron chi connectivity index (χ0n) is 23.8. The number of phosphoric acid groups is 2. The van der Waals surface area contributed by atoms with Gasteiger partial charge in [0.25, 0.3) is 5.91 Å². The second kappa shape index (κ2) is 13.7. The molecule has 0 fully saturated rings. The van der Waals surface area contributed by atoms with Crippen LogP contribution in [0.1, 0.15) is 63.7 Å². The topological polar surface area (TPSA) is 186 Å². The number of para-hydroxylation sites is 1. The third-order valence-corrected chi connectivity index (χ3v) is 7.16. The highest BCUT2D eigenvalue weighted by atomic mass is 31.2. The van der Waals surface area contributed by atoms with Crippen LogP contribution in [0.3, 0.4) is 0 Å². The van der Waals surface area contributed by atoms with Crippen molar-refractivity contribution in [3.63, 3.8) is 0 Å². The number of phenolic OH excluding ortho intramolecular Hbond substituents is 1. The molecular weight excluding hydrogens is 586 g/mol. The number of phosphoric ester groups is 2. The van der Waals surface area contributed by atoms with Gasteiger partial charge in [-0.1, -0.05) is 41.0 Å². The summed E-state index contributed by atoms with van der Waals surface area (Å²) in [7, 11) is -10.2. The molecule has 2 aromatic carbocycles. The lowest BCUT2D eigenvalue weighted by atomic mass is 10.1. The Labute approximate surface area is 244 Å². The molecule has 12 nitrogen and oxygen atoms in total. The van der Waals surface area contributed by atoms with Crippen LogP contribution in [0.5, 0.6) is 17.2 Å². The molecule has 2 aromatic rings. The largest absolute Gasteiger partial charge is 0.524 e. The average Bonchev–Trinajstić information content (AvgIpc) is 2.95. The first kappa shape index (κ1) is 33.1. The summed E-state index contributed by atoms with van der Waals surface area (Å²) in [5, 5.41) is 13.2. The van der Waals surface area contributed by atoms with E-state index in [2.05, 4.69) is 38.2 Å². The Balaban J connectivity index is 1.99. The number of hydrogen-bond donors (Lipinski definition) is 6. The van der Waals surface area contributed by atoms with Crippen LogP contribution < -0.4 is 19.3 Å². The lowest BCUT2D eigenvalue weighted by Gasteiger charge is -2.23. The van der Waals surface area contributed by atoms with Gasteiger partial charge in [-0.15, -0.1) is 0 Å². The number of nitrogens with zero attached hydrogens (tertiary/aromatic N) is 1. The van der Waals surface area contributed by atoms with Gasteiger partial charge in [-0.2, -0.15) is 0 Å². The van der Waals surface area contributed by atoms with E-state index in [-0.39, 0.29) is 34.9 Å². The monoisotopic (exact) mass is 622 g/mol. The summed E-state index contributed by atoms with van der Waals surface area (Å²) in [6.07, 6.45) is 9.65. The van der Waals surface area contributed by atoms with Crippen LogP contribution in [0.2, 0.25) is 0 Å². The standard InChI is InChI=1S/C28H36N2O10P2/c1-18(2)8-5-9-19(3)10-6-11-20(4)14-15-30-23-16-21(31)17-25(40-42(36,37)38)27(23)29-26-22(28(30)32)12-7-13-24(26)39-41(33,34)35/h7-8,10,12-14,16-17,29,31H,5-6,9,11,15H2,1-4H3,(H2,33,34,35)(H2,36,37,38)/b19-10+,20-14+. The third-order valence-electron chi connectivity index (χ3n) is 6.29. The summed E-state index contributed by atoms with van der Waals surface area (Å²) < 4.78 is 32.9. The lowest BCUT2D eigenvalue weighted by molar-refractivity contribution is 0.0990. The predicted octanol–water partition coefficient (Wildman–Crippen LogP) is 6.46. The minimum atomic E-state index is -5.13. The average molecular weight is 623 g/mol. The Bertz CT molecular complexity index is 1520. The number of nitrogens with one attached hydrogen (secondary N) is 1. The molecule has 0 radical (unpaired) electrons. The van der Waals surface area contributed by atoms with Crippen LogP contribution in [0, 0.1) is 0 Å². The maximum Gasteiger partial charge on any atom is 0.524 e. The summed E-state index contributed by atoms with van der Waals surface area (Å²) in [6, 6.07) is 6.15. The number of amides is 1. The first-order valence-electron chi connectivity index (χ1n) is 13.1. The molecule has 0 bridgehead atoms. The van der Waals surface area contributed by atoms with E-state index in [1.54, 1.807) is 0 Å². The van der Waals surface area contributed by atoms with E-state index in [1.807, 2.05) is 13.0 Å². The number of carbonyl (C=O) groups is 1. The Morgan fingerprint density at radius 2 is 1.45 bits per heavy atom. The SMILES string of the molecule is CC(C)=CCC/C(C)=C/CC/C(C)=C/CN1C(=O)c2cccc(OP(=O)(O)O)c2Nc2c(OP(=O)(O)O)cc(O)cc21. The van der Waals surface area contributed by atoms with Gasteiger partial charge in [0.1, 0.15) is 11.4 Å². The van der Waals surface area contributed by atoms with Gasteiger partial charge in [-0.05, 0) is 65.5 Å². The first-order chi connectivity index (χ1) is 19.5. The maximum absolute atomic E-state index is 13.8. The fraction of sp³-hybridized carbons (Fsp3) is 0.321. The molecule has 6 N–H and O–H groups in total. The van der Waals surface area contributed by atoms with Gasteiger partial charge in [-0.25, -0.2) is 9.13 Å². The predicted molar refractivity (Wildman–Crippen MR) is 160 cm³/mol. The second-order valence-corrected chi connectivity index (χ2v) is 12.5. The quantitative estimate of drug-likeness (QED) is 0.0867. The number of aromatic hydroxyl groups is 1. The van der Waals surface area contributed by atoms with Crippen molar-refractivity contribution >= 4 is 38.6 Å². The molecule has 3 rings (SSSR count). The molecule has 0 aromatic heterocycles. The van der Waals surface area contributed by atoms with Gasteiger partial charge in [0.2, 0.25) is 0 Å². The first-order valence-corrected chi connectivity index (χ1v) is 16.1. The molecule has 1 heterocycles. The molecule has 1 aliphatic rings. The van der Waals surface area contributed by atoms with Crippen LogP contribution >= 0.6 is 15.6 Å². The molecule has 0 saturated carbocycles. The summed E-state index contributed by atoms with van der Waals surface area (Å²) in [6.45, 7) is 8.14. The molecular formula is C28H36N2O10P2. The van der Waals surface area contributed by atoms with Gasteiger partial charge in [0, 0.05) is 18.7 Å². The van der Waals surface area contributed by atoms with Crippen molar-refractivity contribution in [2.45, 2.75) is 53.4 Å². The molecule has 0 aliphatic carbocycles. The Morgan fingerprint density at radius 3 is 2.07 bits per heavy atom. The highest BCUT2D eigenvalue weighted by Crippen LogP contribution is 2.52. The van der Waals surface area contributed by atoms with E-state index in [9.17, 15) is 38.6 Å². The van der Waals surface area contributed by atoms with Crippen molar-refractivity contribution in [3.05, 3.63) is 70.8 Å². The van der Waals surface area contributed by atoms with E-state index in [4.69, 9.17) is 9.05 Å². The fourth-order valence-electron chi connectivity index (χ4n) is 4.31. The van der Waals surface area contributed by atoms with E-state index >= 15 is 0 Å². The van der Waals surface area contributed by atoms with Crippen molar-refractivity contribution in [2.24, 2.45) is 0 Å². The van der Waals surface area contributed by atoms with E-state index in [1.165, 1.54) is 40.3 Å². The van der Waals surface area contributed by atoms with Crippen molar-refractivity contribution in [2.75, 3.05) is 16.8 Å².